The Kier molecular flexibility index (Phi) is 4.97. The Bertz CT molecular complexity index is 354. The minimum Gasteiger partial charge on any atom is -0.386 e. The van der Waals surface area contributed by atoms with Gasteiger partial charge >= 0.3 is 0 Å². The van der Waals surface area contributed by atoms with Crippen LogP contribution in [0.25, 0.3) is 0 Å². The number of aliphatic hydroxyl groups excluding tert-OH is 1. The van der Waals surface area contributed by atoms with Gasteiger partial charge in [0.15, 0.2) is 9.84 Å². The van der Waals surface area contributed by atoms with E-state index < -0.39 is 15.9 Å². The van der Waals surface area contributed by atoms with E-state index in [1.807, 2.05) is 5.32 Å². The summed E-state index contributed by atoms with van der Waals surface area (Å²) in [7, 11) is -3.01. The maximum Gasteiger partial charge on any atom is 0.159 e. The molecule has 2 rings (SSSR count). The topological polar surface area (TPSA) is 84.7 Å². The van der Waals surface area contributed by atoms with Gasteiger partial charge in [0.05, 0.1) is 32.1 Å². The van der Waals surface area contributed by atoms with Crippen molar-refractivity contribution in [2.45, 2.75) is 18.6 Å². The van der Waals surface area contributed by atoms with Crippen LogP contribution in [0.4, 0.5) is 0 Å². The van der Waals surface area contributed by atoms with Gasteiger partial charge in [-0.2, -0.15) is 0 Å². The van der Waals surface area contributed by atoms with E-state index in [0.29, 0.717) is 0 Å². The zero-order valence-electron chi connectivity index (χ0n) is 10.7. The zero-order chi connectivity index (χ0) is 13.0. The summed E-state index contributed by atoms with van der Waals surface area (Å²) in [4.78, 5) is 1.56. The van der Waals surface area contributed by atoms with Crippen LogP contribution in [-0.2, 0) is 14.6 Å². The molecule has 0 radical (unpaired) electrons. The molecule has 0 unspecified atom stereocenters. The summed E-state index contributed by atoms with van der Waals surface area (Å²) in [6, 6.07) is -0.158. The van der Waals surface area contributed by atoms with E-state index in [-0.39, 0.29) is 17.5 Å². The van der Waals surface area contributed by atoms with E-state index in [0.717, 1.165) is 45.8 Å². The van der Waals surface area contributed by atoms with Gasteiger partial charge in [-0.1, -0.05) is 0 Å². The lowest BCUT2D eigenvalue weighted by atomic mass is 10.2. The van der Waals surface area contributed by atoms with Crippen molar-refractivity contribution < 1.29 is 28.5 Å². The van der Waals surface area contributed by atoms with Gasteiger partial charge in [0, 0.05) is 6.42 Å². The van der Waals surface area contributed by atoms with Gasteiger partial charge < -0.3 is 20.1 Å². The number of morpholine rings is 1. The van der Waals surface area contributed by atoms with Crippen molar-refractivity contribution in [3.8, 4) is 0 Å². The normalized spacial score (nSPS) is 32.7. The second kappa shape index (κ2) is 6.29. The number of sulfone groups is 1. The lowest BCUT2D eigenvalue weighted by Gasteiger charge is -2.23. The van der Waals surface area contributed by atoms with Crippen molar-refractivity contribution in [1.82, 2.24) is 0 Å². The Hall–Kier alpha value is -0.210. The van der Waals surface area contributed by atoms with Crippen LogP contribution in [0.2, 0.25) is 0 Å². The number of aliphatic hydroxyl groups is 1. The fraction of sp³-hybridized carbons (Fsp3) is 1.00. The third-order valence-electron chi connectivity index (χ3n) is 3.77. The van der Waals surface area contributed by atoms with E-state index in [1.165, 1.54) is 0 Å². The van der Waals surface area contributed by atoms with Crippen LogP contribution in [0.3, 0.4) is 0 Å². The smallest absolute Gasteiger partial charge is 0.159 e. The number of hydrogen-bond donors (Lipinski definition) is 3. The second-order valence-electron chi connectivity index (χ2n) is 5.30. The number of nitrogens with one attached hydrogen (secondary N) is 1. The van der Waals surface area contributed by atoms with E-state index in [2.05, 4.69) is 0 Å². The fourth-order valence-electron chi connectivity index (χ4n) is 2.68. The van der Waals surface area contributed by atoms with Crippen molar-refractivity contribution in [2.24, 2.45) is 0 Å². The van der Waals surface area contributed by atoms with Crippen LogP contribution in [0.15, 0.2) is 0 Å². The van der Waals surface area contributed by atoms with Gasteiger partial charge in [-0.15, -0.1) is 0 Å². The SMILES string of the molecule is O=S1(=O)C[C@H](O)[C@H]([NH2+]CCC[NH+]2CCOCC2)C1. The molecule has 2 aliphatic rings. The Morgan fingerprint density at radius 2 is 2.00 bits per heavy atom. The summed E-state index contributed by atoms with van der Waals surface area (Å²) in [5.41, 5.74) is 0. The molecule has 2 atom stereocenters. The Morgan fingerprint density at radius 3 is 2.61 bits per heavy atom. The van der Waals surface area contributed by atoms with Gasteiger partial charge in [0.25, 0.3) is 0 Å². The van der Waals surface area contributed by atoms with Crippen molar-refractivity contribution >= 4 is 9.84 Å². The molecule has 4 N–H and O–H groups in total. The molecule has 2 fully saturated rings. The number of nitrogens with two attached hydrogens (primary N) is 1. The monoisotopic (exact) mass is 280 g/mol. The summed E-state index contributed by atoms with van der Waals surface area (Å²) < 4.78 is 28.0. The number of quaternary nitrogens is 2. The maximum atomic E-state index is 11.3. The van der Waals surface area contributed by atoms with E-state index in [9.17, 15) is 13.5 Å². The van der Waals surface area contributed by atoms with Gasteiger partial charge in [0.2, 0.25) is 0 Å². The first-order valence-electron chi connectivity index (χ1n) is 6.70. The molecule has 18 heavy (non-hydrogen) atoms. The molecule has 2 aliphatic heterocycles. The summed E-state index contributed by atoms with van der Waals surface area (Å²) in [5, 5.41) is 11.6. The van der Waals surface area contributed by atoms with Crippen LogP contribution in [-0.4, -0.2) is 76.6 Å². The highest BCUT2D eigenvalue weighted by molar-refractivity contribution is 7.91. The minimum atomic E-state index is -3.01. The highest BCUT2D eigenvalue weighted by atomic mass is 32.2. The molecule has 106 valence electrons. The Labute approximate surface area is 108 Å². The molecular weight excluding hydrogens is 256 g/mol. The average molecular weight is 280 g/mol. The molecular formula is C11H24N2O4S+2. The molecule has 0 aromatic rings. The third-order valence-corrected chi connectivity index (χ3v) is 5.51. The number of rotatable bonds is 5. The largest absolute Gasteiger partial charge is 0.386 e. The number of hydrogen-bond acceptors (Lipinski definition) is 4. The van der Waals surface area contributed by atoms with Gasteiger partial charge in [-0.05, 0) is 0 Å². The molecule has 6 nitrogen and oxygen atoms in total. The predicted molar refractivity (Wildman–Crippen MR) is 66.2 cm³/mol. The van der Waals surface area contributed by atoms with E-state index in [1.54, 1.807) is 4.90 Å². The highest BCUT2D eigenvalue weighted by Crippen LogP contribution is 2.08. The summed E-state index contributed by atoms with van der Waals surface area (Å²) >= 11 is 0. The molecule has 0 aromatic heterocycles. The van der Waals surface area contributed by atoms with Crippen LogP contribution in [0.1, 0.15) is 6.42 Å². The van der Waals surface area contributed by atoms with Crippen molar-refractivity contribution in [3.63, 3.8) is 0 Å². The maximum absolute atomic E-state index is 11.3. The lowest BCUT2D eigenvalue weighted by Crippen LogP contribution is -3.14. The molecule has 0 spiro atoms. The number of ether oxygens (including phenoxy) is 1. The highest BCUT2D eigenvalue weighted by Gasteiger charge is 2.38. The van der Waals surface area contributed by atoms with Crippen molar-refractivity contribution in [1.29, 1.82) is 0 Å². The summed E-state index contributed by atoms with van der Waals surface area (Å²) in [6.45, 7) is 5.83. The second-order valence-corrected chi connectivity index (χ2v) is 7.45. The van der Waals surface area contributed by atoms with E-state index in [4.69, 9.17) is 4.74 Å². The quantitative estimate of drug-likeness (QED) is 0.448. The molecule has 7 heteroatoms. The van der Waals surface area contributed by atoms with Gasteiger partial charge in [-0.25, -0.2) is 8.42 Å². The molecule has 0 aliphatic carbocycles. The van der Waals surface area contributed by atoms with E-state index >= 15 is 0 Å². The van der Waals surface area contributed by atoms with Crippen LogP contribution >= 0.6 is 0 Å². The predicted octanol–water partition coefficient (Wildman–Crippen LogP) is -3.99. The van der Waals surface area contributed by atoms with Gasteiger partial charge in [-0.3, -0.25) is 0 Å². The third kappa shape index (κ3) is 4.17. The molecule has 0 saturated carbocycles. The molecule has 0 aromatic carbocycles. The molecule has 0 amide bonds. The molecule has 2 heterocycles. The van der Waals surface area contributed by atoms with Crippen LogP contribution < -0.4 is 10.2 Å². The fourth-order valence-corrected chi connectivity index (χ4v) is 4.52. The molecule has 2 saturated heterocycles. The average Bonchev–Trinajstić information content (AvgIpc) is 2.59. The minimum absolute atomic E-state index is 0.0666. The molecule has 0 bridgehead atoms. The summed E-state index contributed by atoms with van der Waals surface area (Å²) in [6.07, 6.45) is 0.365. The van der Waals surface area contributed by atoms with Gasteiger partial charge in [0.1, 0.15) is 31.0 Å². The Balaban J connectivity index is 1.60. The Morgan fingerprint density at radius 1 is 1.28 bits per heavy atom. The first-order chi connectivity index (χ1) is 8.57. The first kappa shape index (κ1) is 14.2. The van der Waals surface area contributed by atoms with Crippen LogP contribution in [0.5, 0.6) is 0 Å². The van der Waals surface area contributed by atoms with Crippen LogP contribution in [0, 0.1) is 0 Å². The summed E-state index contributed by atoms with van der Waals surface area (Å²) in [5.74, 6) is 0.0570. The van der Waals surface area contributed by atoms with Crippen molar-refractivity contribution in [3.05, 3.63) is 0 Å². The zero-order valence-corrected chi connectivity index (χ0v) is 11.5. The first-order valence-corrected chi connectivity index (χ1v) is 8.52. The lowest BCUT2D eigenvalue weighted by molar-refractivity contribution is -0.909. The standard InChI is InChI=1S/C11H22N2O4S/c14-11-9-18(15,16)8-10(11)12-2-1-3-13-4-6-17-7-5-13/h10-12,14H,1-9H2/p+2/t10-,11+/m1/s1. The van der Waals surface area contributed by atoms with Crippen molar-refractivity contribution in [2.75, 3.05) is 50.9 Å².